The van der Waals surface area contributed by atoms with E-state index in [0.29, 0.717) is 23.7 Å². The second kappa shape index (κ2) is 5.03. The number of aryl methyl sites for hydroxylation is 2. The molecule has 1 aliphatic rings. The molecule has 0 aliphatic carbocycles. The molecule has 0 radical (unpaired) electrons. The Balaban J connectivity index is 2.03. The minimum absolute atomic E-state index is 0.177. The van der Waals surface area contributed by atoms with E-state index in [1.54, 1.807) is 18.7 Å². The van der Waals surface area contributed by atoms with Crippen molar-refractivity contribution in [2.45, 2.75) is 18.9 Å². The maximum Gasteiger partial charge on any atom is 0.332 e. The van der Waals surface area contributed by atoms with Gasteiger partial charge in [-0.2, -0.15) is 4.98 Å². The van der Waals surface area contributed by atoms with Crippen molar-refractivity contribution >= 4 is 17.1 Å². The van der Waals surface area contributed by atoms with E-state index in [1.165, 1.54) is 11.6 Å². The Morgan fingerprint density at radius 2 is 2.00 bits per heavy atom. The molecule has 1 N–H and O–H groups in total. The molecule has 3 rings (SSSR count). The first-order chi connectivity index (χ1) is 10.0. The molecule has 1 aliphatic heterocycles. The summed E-state index contributed by atoms with van der Waals surface area (Å²) in [6.45, 7) is 1.44. The van der Waals surface area contributed by atoms with Crippen molar-refractivity contribution in [3.05, 3.63) is 20.8 Å². The Kier molecular flexibility index (Phi) is 3.32. The number of fused-ring (bicyclic) bond motifs is 1. The van der Waals surface area contributed by atoms with Crippen LogP contribution in [-0.4, -0.2) is 37.9 Å². The molecule has 0 spiro atoms. The van der Waals surface area contributed by atoms with Crippen LogP contribution in [0.5, 0.6) is 0 Å². The third-order valence-electron chi connectivity index (χ3n) is 3.99. The molecule has 3 heterocycles. The van der Waals surface area contributed by atoms with Crippen LogP contribution >= 0.6 is 0 Å². The van der Waals surface area contributed by atoms with Gasteiger partial charge in [0.25, 0.3) is 5.56 Å². The summed E-state index contributed by atoms with van der Waals surface area (Å²) in [7, 11) is 4.84. The van der Waals surface area contributed by atoms with Crippen LogP contribution in [0.15, 0.2) is 9.59 Å². The minimum atomic E-state index is -0.378. The van der Waals surface area contributed by atoms with Gasteiger partial charge < -0.3 is 14.6 Å². The van der Waals surface area contributed by atoms with Gasteiger partial charge in [0.1, 0.15) is 0 Å². The van der Waals surface area contributed by atoms with Gasteiger partial charge >= 0.3 is 5.69 Å². The molecule has 21 heavy (non-hydrogen) atoms. The van der Waals surface area contributed by atoms with Gasteiger partial charge in [-0.1, -0.05) is 0 Å². The number of nitrogens with zero attached hydrogens (tertiary/aromatic N) is 4. The van der Waals surface area contributed by atoms with E-state index in [0.717, 1.165) is 24.0 Å². The number of rotatable bonds is 3. The van der Waals surface area contributed by atoms with Crippen LogP contribution in [0, 0.1) is 0 Å². The van der Waals surface area contributed by atoms with E-state index in [9.17, 15) is 9.59 Å². The van der Waals surface area contributed by atoms with Gasteiger partial charge in [-0.25, -0.2) is 4.79 Å². The van der Waals surface area contributed by atoms with Crippen LogP contribution in [0.1, 0.15) is 12.8 Å². The van der Waals surface area contributed by atoms with Gasteiger partial charge in [0.05, 0.1) is 6.10 Å². The fourth-order valence-corrected chi connectivity index (χ4v) is 2.69. The lowest BCUT2D eigenvalue weighted by atomic mass is 10.2. The van der Waals surface area contributed by atoms with E-state index in [4.69, 9.17) is 4.74 Å². The van der Waals surface area contributed by atoms with E-state index >= 15 is 0 Å². The maximum atomic E-state index is 12.2. The van der Waals surface area contributed by atoms with Gasteiger partial charge in [-0.05, 0) is 12.8 Å². The fourth-order valence-electron chi connectivity index (χ4n) is 2.69. The molecule has 114 valence electrons. The summed E-state index contributed by atoms with van der Waals surface area (Å²) in [5.74, 6) is 0.568. The number of nitrogens with one attached hydrogen (secondary N) is 1. The first-order valence-corrected chi connectivity index (χ1v) is 6.98. The van der Waals surface area contributed by atoms with Gasteiger partial charge in [-0.3, -0.25) is 13.9 Å². The predicted molar refractivity (Wildman–Crippen MR) is 78.7 cm³/mol. The zero-order valence-corrected chi connectivity index (χ0v) is 12.4. The van der Waals surface area contributed by atoms with Crippen LogP contribution in [0.2, 0.25) is 0 Å². The van der Waals surface area contributed by atoms with Crippen LogP contribution in [0.4, 0.5) is 5.95 Å². The Labute approximate surface area is 121 Å². The van der Waals surface area contributed by atoms with E-state index in [1.807, 2.05) is 0 Å². The molecule has 1 atom stereocenters. The standard InChI is InChI=1S/C13H19N5O3/c1-16-9-10(17(2)13(20)18(3)11(9)19)15-12(16)14-7-8-5-4-6-21-8/h8H,4-7H2,1-3H3,(H,14,15)/t8-/m0/s1. The number of hydrogen-bond acceptors (Lipinski definition) is 5. The summed E-state index contributed by atoms with van der Waals surface area (Å²) in [6, 6.07) is 0. The van der Waals surface area contributed by atoms with Crippen molar-refractivity contribution in [1.82, 2.24) is 18.7 Å². The number of ether oxygens (including phenoxy) is 1. The second-order valence-electron chi connectivity index (χ2n) is 5.39. The van der Waals surface area contributed by atoms with Crippen LogP contribution in [0.3, 0.4) is 0 Å². The second-order valence-corrected chi connectivity index (χ2v) is 5.39. The smallest absolute Gasteiger partial charge is 0.332 e. The molecule has 0 amide bonds. The molecule has 0 aromatic carbocycles. The maximum absolute atomic E-state index is 12.2. The molecule has 1 saturated heterocycles. The van der Waals surface area contributed by atoms with Gasteiger partial charge in [-0.15, -0.1) is 0 Å². The van der Waals surface area contributed by atoms with Gasteiger partial charge in [0, 0.05) is 34.3 Å². The van der Waals surface area contributed by atoms with Crippen LogP contribution < -0.4 is 16.6 Å². The predicted octanol–water partition coefficient (Wildman–Crippen LogP) is -0.438. The third-order valence-corrected chi connectivity index (χ3v) is 3.99. The summed E-state index contributed by atoms with van der Waals surface area (Å²) in [5, 5.41) is 3.20. The average Bonchev–Trinajstić information content (AvgIpc) is 3.09. The highest BCUT2D eigenvalue weighted by Crippen LogP contribution is 2.16. The lowest BCUT2D eigenvalue weighted by Crippen LogP contribution is -2.37. The molecular formula is C13H19N5O3. The zero-order valence-electron chi connectivity index (χ0n) is 12.4. The zero-order chi connectivity index (χ0) is 15.1. The highest BCUT2D eigenvalue weighted by molar-refractivity contribution is 5.74. The quantitative estimate of drug-likeness (QED) is 0.829. The molecule has 2 aromatic rings. The van der Waals surface area contributed by atoms with Crippen molar-refractivity contribution < 1.29 is 4.74 Å². The lowest BCUT2D eigenvalue weighted by Gasteiger charge is -2.11. The lowest BCUT2D eigenvalue weighted by molar-refractivity contribution is 0.120. The monoisotopic (exact) mass is 293 g/mol. The fraction of sp³-hybridized carbons (Fsp3) is 0.615. The van der Waals surface area contributed by atoms with Gasteiger partial charge in [0.15, 0.2) is 11.2 Å². The molecule has 0 unspecified atom stereocenters. The van der Waals surface area contributed by atoms with Crippen molar-refractivity contribution in [3.8, 4) is 0 Å². The minimum Gasteiger partial charge on any atom is -0.376 e. The molecular weight excluding hydrogens is 274 g/mol. The first-order valence-electron chi connectivity index (χ1n) is 6.98. The number of imidazole rings is 1. The van der Waals surface area contributed by atoms with E-state index in [-0.39, 0.29) is 17.4 Å². The summed E-state index contributed by atoms with van der Waals surface area (Å²) in [6.07, 6.45) is 2.28. The van der Waals surface area contributed by atoms with Crippen LogP contribution in [-0.2, 0) is 25.9 Å². The van der Waals surface area contributed by atoms with Crippen molar-refractivity contribution in [2.75, 3.05) is 18.5 Å². The molecule has 1 fully saturated rings. The summed E-state index contributed by atoms with van der Waals surface area (Å²) in [5.41, 5.74) is 0.0828. The summed E-state index contributed by atoms with van der Waals surface area (Å²) in [4.78, 5) is 28.5. The van der Waals surface area contributed by atoms with Crippen molar-refractivity contribution in [1.29, 1.82) is 0 Å². The highest BCUT2D eigenvalue weighted by atomic mass is 16.5. The topological polar surface area (TPSA) is 83.1 Å². The van der Waals surface area contributed by atoms with Crippen LogP contribution in [0.25, 0.3) is 11.2 Å². The van der Waals surface area contributed by atoms with E-state index < -0.39 is 0 Å². The van der Waals surface area contributed by atoms with E-state index in [2.05, 4.69) is 10.3 Å². The highest BCUT2D eigenvalue weighted by Gasteiger charge is 2.19. The molecule has 0 saturated carbocycles. The molecule has 8 nitrogen and oxygen atoms in total. The Hall–Kier alpha value is -2.09. The normalized spacial score (nSPS) is 18.5. The Bertz CT molecular complexity index is 795. The van der Waals surface area contributed by atoms with Crippen molar-refractivity contribution in [2.24, 2.45) is 21.1 Å². The van der Waals surface area contributed by atoms with Gasteiger partial charge in [0.2, 0.25) is 5.95 Å². The SMILES string of the molecule is Cn1c(=O)c2c(nc(NC[C@@H]3CCCO3)n2C)n(C)c1=O. The molecule has 2 aromatic heterocycles. The largest absolute Gasteiger partial charge is 0.376 e. The number of anilines is 1. The molecule has 0 bridgehead atoms. The Morgan fingerprint density at radius 3 is 2.67 bits per heavy atom. The first kappa shape index (κ1) is 13.9. The number of hydrogen-bond donors (Lipinski definition) is 1. The number of aromatic nitrogens is 4. The average molecular weight is 293 g/mol. The Morgan fingerprint density at radius 1 is 1.24 bits per heavy atom. The molecule has 8 heteroatoms. The summed E-state index contributed by atoms with van der Waals surface area (Å²) >= 11 is 0. The van der Waals surface area contributed by atoms with Crippen molar-refractivity contribution in [3.63, 3.8) is 0 Å². The third kappa shape index (κ3) is 2.15. The summed E-state index contributed by atoms with van der Waals surface area (Å²) < 4.78 is 9.71.